The average Bonchev–Trinajstić information content (AvgIpc) is 3.06. The molecule has 4 nitrogen and oxygen atoms in total. The third-order valence-corrected chi connectivity index (χ3v) is 3.45. The number of aryl methyl sites for hydroxylation is 2. The molecule has 1 heterocycles. The van der Waals surface area contributed by atoms with Crippen molar-refractivity contribution in [3.8, 4) is 5.69 Å². The standard InChI is InChI=1S/C15H16N2O2/c1-9-5-10(2)7-12(6-9)17-14(11-3-4-11)13(8-16-17)15(18)19/h5-8,11H,3-4H2,1-2H3,(H,18,19). The first-order valence-electron chi connectivity index (χ1n) is 6.46. The van der Waals surface area contributed by atoms with Gasteiger partial charge in [-0.2, -0.15) is 5.10 Å². The third-order valence-electron chi connectivity index (χ3n) is 3.45. The minimum Gasteiger partial charge on any atom is -0.478 e. The van der Waals surface area contributed by atoms with Crippen molar-refractivity contribution in [1.29, 1.82) is 0 Å². The molecule has 1 aliphatic rings. The van der Waals surface area contributed by atoms with E-state index < -0.39 is 5.97 Å². The number of aromatic nitrogens is 2. The molecule has 4 heteroatoms. The summed E-state index contributed by atoms with van der Waals surface area (Å²) in [4.78, 5) is 11.3. The topological polar surface area (TPSA) is 55.1 Å². The van der Waals surface area contributed by atoms with Gasteiger partial charge in [0.05, 0.1) is 17.6 Å². The lowest BCUT2D eigenvalue weighted by Gasteiger charge is -2.09. The molecule has 0 spiro atoms. The SMILES string of the molecule is Cc1cc(C)cc(-n2ncc(C(=O)O)c2C2CC2)c1. The Morgan fingerprint density at radius 3 is 2.42 bits per heavy atom. The van der Waals surface area contributed by atoms with Crippen LogP contribution in [0, 0.1) is 13.8 Å². The van der Waals surface area contributed by atoms with E-state index >= 15 is 0 Å². The lowest BCUT2D eigenvalue weighted by molar-refractivity contribution is 0.0695. The van der Waals surface area contributed by atoms with E-state index in [4.69, 9.17) is 0 Å². The van der Waals surface area contributed by atoms with Crippen molar-refractivity contribution in [1.82, 2.24) is 9.78 Å². The van der Waals surface area contributed by atoms with Crippen LogP contribution in [0.4, 0.5) is 0 Å². The van der Waals surface area contributed by atoms with Crippen molar-refractivity contribution in [2.24, 2.45) is 0 Å². The molecule has 0 atom stereocenters. The molecule has 0 radical (unpaired) electrons. The van der Waals surface area contributed by atoms with Gasteiger partial charge >= 0.3 is 5.97 Å². The highest BCUT2D eigenvalue weighted by Crippen LogP contribution is 2.42. The van der Waals surface area contributed by atoms with Gasteiger partial charge in [-0.15, -0.1) is 0 Å². The molecule has 0 saturated heterocycles. The number of hydrogen-bond donors (Lipinski definition) is 1. The Morgan fingerprint density at radius 2 is 1.89 bits per heavy atom. The molecule has 98 valence electrons. The number of carboxylic acids is 1. The highest BCUT2D eigenvalue weighted by molar-refractivity contribution is 5.89. The monoisotopic (exact) mass is 256 g/mol. The van der Waals surface area contributed by atoms with Gasteiger partial charge in [0.1, 0.15) is 5.56 Å². The van der Waals surface area contributed by atoms with Gasteiger partial charge in [-0.25, -0.2) is 9.48 Å². The highest BCUT2D eigenvalue weighted by atomic mass is 16.4. The van der Waals surface area contributed by atoms with Crippen LogP contribution in [0.15, 0.2) is 24.4 Å². The minimum atomic E-state index is -0.891. The van der Waals surface area contributed by atoms with Gasteiger partial charge in [-0.3, -0.25) is 0 Å². The number of rotatable bonds is 3. The predicted octanol–water partition coefficient (Wildman–Crippen LogP) is 3.06. The number of benzene rings is 1. The fourth-order valence-electron chi connectivity index (χ4n) is 2.55. The van der Waals surface area contributed by atoms with Gasteiger partial charge in [0.2, 0.25) is 0 Å². The maximum absolute atomic E-state index is 11.3. The van der Waals surface area contributed by atoms with Crippen molar-refractivity contribution in [3.63, 3.8) is 0 Å². The van der Waals surface area contributed by atoms with E-state index in [1.807, 2.05) is 26.0 Å². The summed E-state index contributed by atoms with van der Waals surface area (Å²) >= 11 is 0. The van der Waals surface area contributed by atoms with Gasteiger partial charge in [0.15, 0.2) is 0 Å². The number of carbonyl (C=O) groups is 1. The zero-order valence-electron chi connectivity index (χ0n) is 11.1. The Balaban J connectivity index is 2.16. The quantitative estimate of drug-likeness (QED) is 0.918. The molecule has 1 aromatic heterocycles. The molecule has 3 rings (SSSR count). The molecule has 1 saturated carbocycles. The fraction of sp³-hybridized carbons (Fsp3) is 0.333. The molecule has 19 heavy (non-hydrogen) atoms. The lowest BCUT2D eigenvalue weighted by Crippen LogP contribution is -2.06. The summed E-state index contributed by atoms with van der Waals surface area (Å²) in [5, 5.41) is 13.5. The number of carboxylic acid groups (broad SMARTS) is 1. The Labute approximate surface area is 111 Å². The van der Waals surface area contributed by atoms with E-state index in [2.05, 4.69) is 11.2 Å². The molecule has 1 fully saturated rings. The summed E-state index contributed by atoms with van der Waals surface area (Å²) in [6.45, 7) is 4.07. The average molecular weight is 256 g/mol. The van der Waals surface area contributed by atoms with E-state index in [1.54, 1.807) is 4.68 Å². The van der Waals surface area contributed by atoms with Crippen molar-refractivity contribution in [2.75, 3.05) is 0 Å². The normalized spacial score (nSPS) is 14.6. The Bertz CT molecular complexity index is 634. The van der Waals surface area contributed by atoms with Crippen LogP contribution < -0.4 is 0 Å². The molecule has 0 unspecified atom stereocenters. The Morgan fingerprint density at radius 1 is 1.26 bits per heavy atom. The van der Waals surface area contributed by atoms with Gasteiger partial charge in [0, 0.05) is 5.92 Å². The Kier molecular flexibility index (Phi) is 2.66. The molecule has 1 aliphatic carbocycles. The maximum atomic E-state index is 11.3. The molecular weight excluding hydrogens is 240 g/mol. The second-order valence-electron chi connectivity index (χ2n) is 5.28. The Hall–Kier alpha value is -2.10. The largest absolute Gasteiger partial charge is 0.478 e. The fourth-order valence-corrected chi connectivity index (χ4v) is 2.55. The van der Waals surface area contributed by atoms with Crippen molar-refractivity contribution in [3.05, 3.63) is 46.8 Å². The second-order valence-corrected chi connectivity index (χ2v) is 5.28. The van der Waals surface area contributed by atoms with Crippen LogP contribution in [-0.2, 0) is 0 Å². The minimum absolute atomic E-state index is 0.335. The molecular formula is C15H16N2O2. The lowest BCUT2D eigenvalue weighted by atomic mass is 10.1. The van der Waals surface area contributed by atoms with E-state index in [-0.39, 0.29) is 0 Å². The molecule has 1 aromatic carbocycles. The first kappa shape index (κ1) is 12.0. The molecule has 0 aliphatic heterocycles. The van der Waals surface area contributed by atoms with Crippen LogP contribution in [0.3, 0.4) is 0 Å². The van der Waals surface area contributed by atoms with Crippen LogP contribution >= 0.6 is 0 Å². The van der Waals surface area contributed by atoms with Crippen LogP contribution in [0.2, 0.25) is 0 Å². The number of hydrogen-bond acceptors (Lipinski definition) is 2. The van der Waals surface area contributed by atoms with Crippen LogP contribution in [-0.4, -0.2) is 20.9 Å². The zero-order valence-corrected chi connectivity index (χ0v) is 11.1. The van der Waals surface area contributed by atoms with Crippen molar-refractivity contribution >= 4 is 5.97 Å². The summed E-state index contributed by atoms with van der Waals surface area (Å²) in [5.74, 6) is -0.549. The second kappa shape index (κ2) is 4.23. The predicted molar refractivity (Wildman–Crippen MR) is 72.0 cm³/mol. The van der Waals surface area contributed by atoms with E-state index in [0.717, 1.165) is 35.3 Å². The number of nitrogens with zero attached hydrogens (tertiary/aromatic N) is 2. The summed E-state index contributed by atoms with van der Waals surface area (Å²) in [5.41, 5.74) is 4.44. The molecule has 2 aromatic rings. The molecule has 0 bridgehead atoms. The smallest absolute Gasteiger partial charge is 0.339 e. The highest BCUT2D eigenvalue weighted by Gasteiger charge is 2.32. The van der Waals surface area contributed by atoms with Crippen molar-refractivity contribution < 1.29 is 9.90 Å². The molecule has 1 N–H and O–H groups in total. The van der Waals surface area contributed by atoms with Gasteiger partial charge in [0.25, 0.3) is 0 Å². The zero-order chi connectivity index (χ0) is 13.6. The first-order chi connectivity index (χ1) is 9.06. The van der Waals surface area contributed by atoms with Gasteiger partial charge < -0.3 is 5.11 Å². The van der Waals surface area contributed by atoms with Gasteiger partial charge in [-0.1, -0.05) is 6.07 Å². The van der Waals surface area contributed by atoms with Crippen molar-refractivity contribution in [2.45, 2.75) is 32.6 Å². The van der Waals surface area contributed by atoms with Gasteiger partial charge in [-0.05, 0) is 49.9 Å². The van der Waals surface area contributed by atoms with E-state index in [0.29, 0.717) is 11.5 Å². The van der Waals surface area contributed by atoms with Crippen LogP contribution in [0.1, 0.15) is 45.9 Å². The van der Waals surface area contributed by atoms with Crippen LogP contribution in [0.25, 0.3) is 5.69 Å². The maximum Gasteiger partial charge on any atom is 0.339 e. The summed E-state index contributed by atoms with van der Waals surface area (Å²) in [6, 6.07) is 6.18. The molecule has 0 amide bonds. The van der Waals surface area contributed by atoms with E-state index in [1.165, 1.54) is 6.20 Å². The number of aromatic carboxylic acids is 1. The summed E-state index contributed by atoms with van der Waals surface area (Å²) in [7, 11) is 0. The first-order valence-corrected chi connectivity index (χ1v) is 6.46. The third kappa shape index (κ3) is 2.14. The summed E-state index contributed by atoms with van der Waals surface area (Å²) in [6.07, 6.45) is 3.57. The van der Waals surface area contributed by atoms with E-state index in [9.17, 15) is 9.90 Å². The van der Waals surface area contributed by atoms with Crippen LogP contribution in [0.5, 0.6) is 0 Å². The summed E-state index contributed by atoms with van der Waals surface area (Å²) < 4.78 is 1.79.